The fraction of sp³-hybridized carbons (Fsp3) is 0.190. The molecule has 3 rings (SSSR count). The van der Waals surface area contributed by atoms with Crippen LogP contribution >= 0.6 is 11.6 Å². The van der Waals surface area contributed by atoms with Crippen LogP contribution in [0.4, 0.5) is 4.39 Å². The monoisotopic (exact) mass is 463 g/mol. The first-order chi connectivity index (χ1) is 14.8. The number of halogens is 2. The number of carbonyl (C=O) groups is 1. The van der Waals surface area contributed by atoms with E-state index in [2.05, 4.69) is 14.7 Å². The van der Waals surface area contributed by atoms with Crippen LogP contribution < -0.4 is 9.46 Å². The van der Waals surface area contributed by atoms with Crippen molar-refractivity contribution in [3.63, 3.8) is 0 Å². The Morgan fingerprint density at radius 3 is 2.48 bits per heavy atom. The molecule has 0 bridgehead atoms. The van der Waals surface area contributed by atoms with Gasteiger partial charge in [0.15, 0.2) is 5.78 Å². The molecule has 0 atom stereocenters. The zero-order valence-electron chi connectivity index (χ0n) is 16.5. The number of Topliss-reactive ketones (excluding diaryl/α,β-unsaturated/α-hetero) is 1. The molecule has 1 aromatic heterocycles. The Bertz CT molecular complexity index is 1170. The molecule has 0 radical (unpaired) electrons. The number of hydrogen-bond acceptors (Lipinski definition) is 6. The average Bonchev–Trinajstić information content (AvgIpc) is 2.78. The van der Waals surface area contributed by atoms with Gasteiger partial charge in [-0.1, -0.05) is 23.7 Å². The lowest BCUT2D eigenvalue weighted by atomic mass is 10.1. The number of carbonyl (C=O) groups excluding carboxylic acids is 1. The second-order valence-corrected chi connectivity index (χ2v) is 8.74. The molecule has 0 aliphatic rings. The molecule has 0 fully saturated rings. The number of rotatable bonds is 9. The molecule has 0 amide bonds. The number of ketones is 1. The maximum Gasteiger partial charge on any atom is 0.240 e. The van der Waals surface area contributed by atoms with Crippen LogP contribution in [-0.4, -0.2) is 31.3 Å². The first-order valence-corrected chi connectivity index (χ1v) is 11.1. The maximum absolute atomic E-state index is 13.2. The third kappa shape index (κ3) is 6.06. The van der Waals surface area contributed by atoms with E-state index in [0.717, 1.165) is 29.5 Å². The Labute approximate surface area is 184 Å². The fourth-order valence-corrected chi connectivity index (χ4v) is 3.93. The highest BCUT2D eigenvalue weighted by molar-refractivity contribution is 7.89. The minimum atomic E-state index is -3.91. The highest BCUT2D eigenvalue weighted by Crippen LogP contribution is 2.19. The van der Waals surface area contributed by atoms with Crippen molar-refractivity contribution in [1.29, 1.82) is 0 Å². The van der Waals surface area contributed by atoms with Gasteiger partial charge in [-0.15, -0.1) is 0 Å². The fourth-order valence-electron chi connectivity index (χ4n) is 2.66. The van der Waals surface area contributed by atoms with Crippen molar-refractivity contribution >= 4 is 27.4 Å². The predicted octanol–water partition coefficient (Wildman–Crippen LogP) is 3.57. The predicted molar refractivity (Wildman–Crippen MR) is 113 cm³/mol. The van der Waals surface area contributed by atoms with Crippen LogP contribution in [0.25, 0.3) is 0 Å². The van der Waals surface area contributed by atoms with Crippen LogP contribution in [0.1, 0.15) is 28.2 Å². The summed E-state index contributed by atoms with van der Waals surface area (Å²) in [7, 11) is -2.33. The molecule has 0 aliphatic carbocycles. The molecule has 0 unspecified atom stereocenters. The number of sulfonamides is 1. The molecular formula is C21H19ClFN3O4S. The minimum absolute atomic E-state index is 0.148. The van der Waals surface area contributed by atoms with Gasteiger partial charge in [0.25, 0.3) is 0 Å². The van der Waals surface area contributed by atoms with E-state index in [1.54, 1.807) is 7.11 Å². The van der Waals surface area contributed by atoms with Crippen molar-refractivity contribution < 1.29 is 22.3 Å². The van der Waals surface area contributed by atoms with E-state index in [-0.39, 0.29) is 34.4 Å². The average molecular weight is 464 g/mol. The van der Waals surface area contributed by atoms with Crippen molar-refractivity contribution in [2.75, 3.05) is 7.11 Å². The molecule has 3 aromatic rings. The number of nitrogens with one attached hydrogen (secondary N) is 1. The van der Waals surface area contributed by atoms with Gasteiger partial charge < -0.3 is 4.74 Å². The van der Waals surface area contributed by atoms with E-state index in [9.17, 15) is 17.6 Å². The van der Waals surface area contributed by atoms with Crippen molar-refractivity contribution in [2.24, 2.45) is 0 Å². The van der Waals surface area contributed by atoms with E-state index in [0.29, 0.717) is 12.1 Å². The molecule has 0 aliphatic heterocycles. The topological polar surface area (TPSA) is 98.2 Å². The lowest BCUT2D eigenvalue weighted by Gasteiger charge is -2.07. The smallest absolute Gasteiger partial charge is 0.240 e. The van der Waals surface area contributed by atoms with Gasteiger partial charge in [0.2, 0.25) is 10.0 Å². The Morgan fingerprint density at radius 1 is 1.13 bits per heavy atom. The van der Waals surface area contributed by atoms with Crippen LogP contribution in [0.15, 0.2) is 59.8 Å². The lowest BCUT2D eigenvalue weighted by Crippen LogP contribution is -2.24. The molecule has 0 saturated heterocycles. The normalized spacial score (nSPS) is 11.3. The van der Waals surface area contributed by atoms with Crippen LogP contribution in [0.5, 0.6) is 5.75 Å². The minimum Gasteiger partial charge on any atom is -0.497 e. The Balaban J connectivity index is 1.56. The lowest BCUT2D eigenvalue weighted by molar-refractivity contribution is 0.0977. The highest BCUT2D eigenvalue weighted by atomic mass is 35.5. The molecular weight excluding hydrogens is 445 g/mol. The summed E-state index contributed by atoms with van der Waals surface area (Å²) in [5.41, 5.74) is 1.52. The van der Waals surface area contributed by atoms with E-state index < -0.39 is 15.8 Å². The second kappa shape index (κ2) is 9.95. The number of benzene rings is 2. The summed E-state index contributed by atoms with van der Waals surface area (Å²) in [6, 6.07) is 10.5. The largest absolute Gasteiger partial charge is 0.497 e. The number of nitrogens with zero attached hydrogens (tertiary/aromatic N) is 2. The summed E-state index contributed by atoms with van der Waals surface area (Å²) in [5, 5.41) is -0.292. The van der Waals surface area contributed by atoms with Gasteiger partial charge in [-0.05, 0) is 42.3 Å². The third-order valence-corrected chi connectivity index (χ3v) is 6.12. The van der Waals surface area contributed by atoms with Crippen molar-refractivity contribution in [2.45, 2.75) is 24.3 Å². The summed E-state index contributed by atoms with van der Waals surface area (Å²) in [6.45, 7) is -0.148. The summed E-state index contributed by atoms with van der Waals surface area (Å²) in [6.07, 6.45) is 3.46. The van der Waals surface area contributed by atoms with Crippen molar-refractivity contribution in [1.82, 2.24) is 14.7 Å². The van der Waals surface area contributed by atoms with E-state index in [1.165, 1.54) is 12.4 Å². The van der Waals surface area contributed by atoms with Crippen molar-refractivity contribution in [3.05, 3.63) is 82.6 Å². The van der Waals surface area contributed by atoms with Gasteiger partial charge in [0.1, 0.15) is 17.3 Å². The summed E-state index contributed by atoms with van der Waals surface area (Å²) in [4.78, 5) is 20.3. The molecule has 31 heavy (non-hydrogen) atoms. The number of hydrogen-bond donors (Lipinski definition) is 1. The molecule has 162 valence electrons. The van der Waals surface area contributed by atoms with E-state index >= 15 is 0 Å². The molecule has 1 N–H and O–H groups in total. The molecule has 2 aromatic carbocycles. The van der Waals surface area contributed by atoms with Crippen LogP contribution in [-0.2, 0) is 23.0 Å². The first kappa shape index (κ1) is 22.8. The molecule has 1 heterocycles. The van der Waals surface area contributed by atoms with Gasteiger partial charge in [0.05, 0.1) is 41.7 Å². The summed E-state index contributed by atoms with van der Waals surface area (Å²) in [5.74, 6) is -0.134. The number of aromatic nitrogens is 2. The van der Waals surface area contributed by atoms with Crippen molar-refractivity contribution in [3.8, 4) is 5.75 Å². The van der Waals surface area contributed by atoms with Gasteiger partial charge >= 0.3 is 0 Å². The number of ether oxygens (including phenoxy) is 1. The zero-order valence-corrected chi connectivity index (χ0v) is 18.1. The van der Waals surface area contributed by atoms with Gasteiger partial charge in [-0.2, -0.15) is 0 Å². The maximum atomic E-state index is 13.2. The molecule has 7 nitrogen and oxygen atoms in total. The van der Waals surface area contributed by atoms with Crippen LogP contribution in [0, 0.1) is 5.82 Å². The number of aryl methyl sites for hydroxylation is 1. The van der Waals surface area contributed by atoms with Gasteiger partial charge in [-0.3, -0.25) is 9.78 Å². The van der Waals surface area contributed by atoms with Crippen LogP contribution in [0.2, 0.25) is 5.02 Å². The molecule has 0 saturated carbocycles. The second-order valence-electron chi connectivity index (χ2n) is 6.56. The Morgan fingerprint density at radius 2 is 1.87 bits per heavy atom. The molecule has 0 spiro atoms. The highest BCUT2D eigenvalue weighted by Gasteiger charge is 2.16. The van der Waals surface area contributed by atoms with Crippen LogP contribution in [0.3, 0.4) is 0 Å². The summed E-state index contributed by atoms with van der Waals surface area (Å²) >= 11 is 5.64. The first-order valence-electron chi connectivity index (χ1n) is 9.20. The van der Waals surface area contributed by atoms with E-state index in [4.69, 9.17) is 16.3 Å². The zero-order chi connectivity index (χ0) is 22.4. The SMILES string of the molecule is COc1ccc(CCC(=O)c2cnc(CNS(=O)(=O)c3ccc(F)c(Cl)c3)cn2)cc1. The van der Waals surface area contributed by atoms with Gasteiger partial charge in [-0.25, -0.2) is 22.5 Å². The summed E-state index contributed by atoms with van der Waals surface area (Å²) < 4.78 is 45.3. The Hall–Kier alpha value is -2.88. The molecule has 10 heteroatoms. The quantitative estimate of drug-likeness (QED) is 0.487. The Kier molecular flexibility index (Phi) is 7.32. The van der Waals surface area contributed by atoms with E-state index in [1.807, 2.05) is 24.3 Å². The standard InChI is InChI=1S/C21H19ClFN3O4S/c1-30-16-5-2-14(3-6-16)4-9-21(27)20-13-24-15(11-25-20)12-26-31(28,29)17-7-8-19(23)18(22)10-17/h2-3,5-8,10-11,13,26H,4,9,12H2,1H3. The van der Waals surface area contributed by atoms with Gasteiger partial charge in [0, 0.05) is 6.42 Å². The third-order valence-electron chi connectivity index (χ3n) is 4.44. The number of methoxy groups -OCH3 is 1.